The van der Waals surface area contributed by atoms with Crippen molar-refractivity contribution in [2.24, 2.45) is 0 Å². The van der Waals surface area contributed by atoms with Gasteiger partial charge >= 0.3 is 0 Å². The first-order chi connectivity index (χ1) is 8.67. The van der Waals surface area contributed by atoms with E-state index in [1.54, 1.807) is 13.2 Å². The van der Waals surface area contributed by atoms with Crippen molar-refractivity contribution < 1.29 is 9.84 Å². The maximum absolute atomic E-state index is 10.5. The van der Waals surface area contributed by atoms with Crippen molar-refractivity contribution in [3.8, 4) is 11.8 Å². The fraction of sp³-hybridized carbons (Fsp3) is 0.533. The Hall–Kier alpha value is -1.53. The Balaban J connectivity index is 2.20. The van der Waals surface area contributed by atoms with Gasteiger partial charge in [0, 0.05) is 6.42 Å². The molecule has 0 radical (unpaired) electrons. The van der Waals surface area contributed by atoms with Crippen molar-refractivity contribution in [3.63, 3.8) is 0 Å². The number of nitrogens with zero attached hydrogens (tertiary/aromatic N) is 1. The van der Waals surface area contributed by atoms with Crippen LogP contribution in [0.4, 0.5) is 0 Å². The van der Waals surface area contributed by atoms with Gasteiger partial charge in [0.25, 0.3) is 0 Å². The van der Waals surface area contributed by atoms with Crippen LogP contribution >= 0.6 is 0 Å². The molecule has 1 aromatic rings. The minimum absolute atomic E-state index is 0.569. The summed E-state index contributed by atoms with van der Waals surface area (Å²) in [5.41, 5.74) is 0.898. The molecular weight excluding hydrogens is 226 g/mol. The number of benzene rings is 1. The standard InChI is InChI=1S/C15H19NO2/c1-18-14-6-5-12(13(9-14)11-16)10-15(17)7-3-2-4-8-15/h5-6,9,17H,2-4,7-8,10H2,1H3. The van der Waals surface area contributed by atoms with Gasteiger partial charge in [-0.05, 0) is 30.5 Å². The lowest BCUT2D eigenvalue weighted by atomic mass is 9.80. The topological polar surface area (TPSA) is 53.2 Å². The first-order valence-electron chi connectivity index (χ1n) is 6.46. The average Bonchev–Trinajstić information content (AvgIpc) is 2.39. The second-order valence-electron chi connectivity index (χ2n) is 5.10. The van der Waals surface area contributed by atoms with Crippen molar-refractivity contribution in [2.45, 2.75) is 44.1 Å². The Kier molecular flexibility index (Phi) is 3.88. The van der Waals surface area contributed by atoms with Crippen LogP contribution in [0.25, 0.3) is 0 Å². The maximum Gasteiger partial charge on any atom is 0.120 e. The Morgan fingerprint density at radius 1 is 1.33 bits per heavy atom. The molecule has 0 saturated heterocycles. The molecule has 3 nitrogen and oxygen atoms in total. The van der Waals surface area contributed by atoms with Gasteiger partial charge in [-0.25, -0.2) is 0 Å². The van der Waals surface area contributed by atoms with Gasteiger partial charge in [0.2, 0.25) is 0 Å². The lowest BCUT2D eigenvalue weighted by molar-refractivity contribution is 0.00442. The summed E-state index contributed by atoms with van der Waals surface area (Å²) in [6.45, 7) is 0. The molecule has 2 rings (SSSR count). The smallest absolute Gasteiger partial charge is 0.120 e. The lowest BCUT2D eigenvalue weighted by Crippen LogP contribution is -2.34. The molecule has 1 N–H and O–H groups in total. The summed E-state index contributed by atoms with van der Waals surface area (Å²) in [6.07, 6.45) is 5.60. The molecule has 1 aliphatic carbocycles. The van der Waals surface area contributed by atoms with Crippen LogP contribution in [0.15, 0.2) is 18.2 Å². The van der Waals surface area contributed by atoms with Gasteiger partial charge in [-0.2, -0.15) is 5.26 Å². The van der Waals surface area contributed by atoms with Crippen LogP contribution in [0.2, 0.25) is 0 Å². The van der Waals surface area contributed by atoms with Crippen molar-refractivity contribution >= 4 is 0 Å². The third-order valence-electron chi connectivity index (χ3n) is 3.74. The SMILES string of the molecule is COc1ccc(CC2(O)CCCCC2)c(C#N)c1. The molecule has 0 atom stereocenters. The summed E-state index contributed by atoms with van der Waals surface area (Å²) in [5, 5.41) is 19.7. The highest BCUT2D eigenvalue weighted by atomic mass is 16.5. The number of hydrogen-bond donors (Lipinski definition) is 1. The third kappa shape index (κ3) is 2.83. The summed E-state index contributed by atoms with van der Waals surface area (Å²) in [7, 11) is 1.59. The van der Waals surface area contributed by atoms with Crippen LogP contribution in [0.1, 0.15) is 43.2 Å². The monoisotopic (exact) mass is 245 g/mol. The molecular formula is C15H19NO2. The average molecular weight is 245 g/mol. The largest absolute Gasteiger partial charge is 0.497 e. The fourth-order valence-electron chi connectivity index (χ4n) is 2.68. The van der Waals surface area contributed by atoms with Crippen LogP contribution in [0.5, 0.6) is 5.75 Å². The van der Waals surface area contributed by atoms with E-state index < -0.39 is 5.60 Å². The van der Waals surface area contributed by atoms with Crippen LogP contribution in [0, 0.1) is 11.3 Å². The van der Waals surface area contributed by atoms with Gasteiger partial charge in [-0.1, -0.05) is 25.3 Å². The van der Waals surface area contributed by atoms with E-state index in [1.807, 2.05) is 12.1 Å². The summed E-state index contributed by atoms with van der Waals surface area (Å²) >= 11 is 0. The Morgan fingerprint density at radius 2 is 2.06 bits per heavy atom. The number of rotatable bonds is 3. The predicted molar refractivity (Wildman–Crippen MR) is 69.4 cm³/mol. The van der Waals surface area contributed by atoms with Crippen LogP contribution in [0.3, 0.4) is 0 Å². The molecule has 0 heterocycles. The van der Waals surface area contributed by atoms with Gasteiger partial charge < -0.3 is 9.84 Å². The minimum Gasteiger partial charge on any atom is -0.497 e. The Labute approximate surface area is 108 Å². The van der Waals surface area contributed by atoms with Gasteiger partial charge in [-0.15, -0.1) is 0 Å². The van der Waals surface area contributed by atoms with Crippen molar-refractivity contribution in [1.82, 2.24) is 0 Å². The first kappa shape index (κ1) is 12.9. The molecule has 3 heteroatoms. The lowest BCUT2D eigenvalue weighted by Gasteiger charge is -2.32. The zero-order chi connectivity index (χ0) is 13.0. The number of ether oxygens (including phenoxy) is 1. The van der Waals surface area contributed by atoms with Gasteiger partial charge in [-0.3, -0.25) is 0 Å². The summed E-state index contributed by atoms with van der Waals surface area (Å²) < 4.78 is 5.11. The molecule has 0 spiro atoms. The predicted octanol–water partition coefficient (Wildman–Crippen LogP) is 2.80. The molecule has 0 unspecified atom stereocenters. The molecule has 0 amide bonds. The van der Waals surface area contributed by atoms with E-state index in [9.17, 15) is 5.11 Å². The fourth-order valence-corrected chi connectivity index (χ4v) is 2.68. The van der Waals surface area contributed by atoms with Crippen LogP contribution in [-0.4, -0.2) is 17.8 Å². The molecule has 0 bridgehead atoms. The number of nitriles is 1. The normalized spacial score (nSPS) is 18.1. The Bertz CT molecular complexity index is 456. The molecule has 1 aromatic carbocycles. The van der Waals surface area contributed by atoms with Gasteiger partial charge in [0.05, 0.1) is 24.3 Å². The van der Waals surface area contributed by atoms with Crippen molar-refractivity contribution in [3.05, 3.63) is 29.3 Å². The molecule has 0 aromatic heterocycles. The first-order valence-corrected chi connectivity index (χ1v) is 6.46. The summed E-state index contributed by atoms with van der Waals surface area (Å²) in [6, 6.07) is 7.67. The van der Waals surface area contributed by atoms with E-state index in [-0.39, 0.29) is 0 Å². The second-order valence-corrected chi connectivity index (χ2v) is 5.10. The van der Waals surface area contributed by atoms with Gasteiger partial charge in [0.15, 0.2) is 0 Å². The molecule has 96 valence electrons. The Morgan fingerprint density at radius 3 is 2.67 bits per heavy atom. The van der Waals surface area contributed by atoms with E-state index in [2.05, 4.69) is 6.07 Å². The molecule has 0 aliphatic heterocycles. The number of methoxy groups -OCH3 is 1. The van der Waals surface area contributed by atoms with E-state index in [0.717, 1.165) is 31.2 Å². The highest BCUT2D eigenvalue weighted by Gasteiger charge is 2.30. The van der Waals surface area contributed by atoms with E-state index >= 15 is 0 Å². The highest BCUT2D eigenvalue weighted by Crippen LogP contribution is 2.32. The second kappa shape index (κ2) is 5.41. The number of aliphatic hydroxyl groups is 1. The minimum atomic E-state index is -0.627. The van der Waals surface area contributed by atoms with E-state index in [4.69, 9.17) is 10.00 Å². The quantitative estimate of drug-likeness (QED) is 0.890. The third-order valence-corrected chi connectivity index (χ3v) is 3.74. The van der Waals surface area contributed by atoms with Gasteiger partial charge in [0.1, 0.15) is 5.75 Å². The molecule has 1 aliphatic rings. The van der Waals surface area contributed by atoms with Crippen LogP contribution in [-0.2, 0) is 6.42 Å². The van der Waals surface area contributed by atoms with Crippen LogP contribution < -0.4 is 4.74 Å². The zero-order valence-corrected chi connectivity index (χ0v) is 10.8. The van der Waals surface area contributed by atoms with Crippen molar-refractivity contribution in [2.75, 3.05) is 7.11 Å². The molecule has 1 fully saturated rings. The van der Waals surface area contributed by atoms with E-state index in [1.165, 1.54) is 6.42 Å². The summed E-state index contributed by atoms with van der Waals surface area (Å²) in [5.74, 6) is 0.686. The zero-order valence-electron chi connectivity index (χ0n) is 10.8. The number of hydrogen-bond acceptors (Lipinski definition) is 3. The van der Waals surface area contributed by atoms with Crippen molar-refractivity contribution in [1.29, 1.82) is 5.26 Å². The highest BCUT2D eigenvalue weighted by molar-refractivity contribution is 5.43. The van der Waals surface area contributed by atoms with E-state index in [0.29, 0.717) is 17.7 Å². The maximum atomic E-state index is 10.5. The molecule has 18 heavy (non-hydrogen) atoms. The summed E-state index contributed by atoms with van der Waals surface area (Å²) in [4.78, 5) is 0. The molecule has 1 saturated carbocycles.